The lowest BCUT2D eigenvalue weighted by Crippen LogP contribution is -2.43. The zero-order valence-corrected chi connectivity index (χ0v) is 9.61. The molecule has 0 atom stereocenters. The number of hydrogen-bond acceptors (Lipinski definition) is 3. The summed E-state index contributed by atoms with van der Waals surface area (Å²) in [6, 6.07) is 10.6. The molecule has 16 heavy (non-hydrogen) atoms. The summed E-state index contributed by atoms with van der Waals surface area (Å²) in [5.74, 6) is 0.944. The topological polar surface area (TPSA) is 24.5 Å². The summed E-state index contributed by atoms with van der Waals surface area (Å²) in [5.41, 5.74) is 0. The number of ether oxygens (including phenoxy) is 1. The first-order valence-electron chi connectivity index (χ1n) is 5.97. The quantitative estimate of drug-likeness (QED) is 0.752. The highest BCUT2D eigenvalue weighted by molar-refractivity contribution is 5.20. The fourth-order valence-electron chi connectivity index (χ4n) is 1.88. The number of rotatable bonds is 5. The molecule has 1 fully saturated rings. The maximum absolute atomic E-state index is 5.63. The van der Waals surface area contributed by atoms with Crippen molar-refractivity contribution >= 4 is 0 Å². The van der Waals surface area contributed by atoms with E-state index in [4.69, 9.17) is 4.74 Å². The molecule has 1 saturated heterocycles. The van der Waals surface area contributed by atoms with Crippen LogP contribution in [0.2, 0.25) is 0 Å². The standard InChI is InChI=1S/C13H19N2O/c1-2-5-13(6-3-1)16-12-4-9-15-10-7-14-8-11-15/h2-3,5-6,14H,4,7-12H2. The number of hydrogen-bond donors (Lipinski definition) is 1. The SMILES string of the molecule is [c]1ccc(OCCCN2CCNCC2)cc1. The zero-order valence-electron chi connectivity index (χ0n) is 9.61. The molecule has 0 saturated carbocycles. The van der Waals surface area contributed by atoms with E-state index in [0.29, 0.717) is 0 Å². The Morgan fingerprint density at radius 2 is 2.00 bits per heavy atom. The van der Waals surface area contributed by atoms with Crippen LogP contribution in [0.15, 0.2) is 24.3 Å². The average molecular weight is 219 g/mol. The average Bonchev–Trinajstić information content (AvgIpc) is 2.37. The van der Waals surface area contributed by atoms with Crippen LogP contribution in [0.3, 0.4) is 0 Å². The van der Waals surface area contributed by atoms with E-state index in [-0.39, 0.29) is 0 Å². The first-order chi connectivity index (χ1) is 7.95. The summed E-state index contributed by atoms with van der Waals surface area (Å²) in [6.07, 6.45) is 1.10. The molecule has 3 heteroatoms. The van der Waals surface area contributed by atoms with Crippen molar-refractivity contribution < 1.29 is 4.74 Å². The number of nitrogens with zero attached hydrogens (tertiary/aromatic N) is 1. The van der Waals surface area contributed by atoms with Crippen molar-refractivity contribution in [3.63, 3.8) is 0 Å². The molecule has 2 rings (SSSR count). The molecule has 3 nitrogen and oxygen atoms in total. The van der Waals surface area contributed by atoms with Crippen LogP contribution in [0.25, 0.3) is 0 Å². The molecular formula is C13H19N2O. The Kier molecular flexibility index (Phi) is 4.65. The van der Waals surface area contributed by atoms with Gasteiger partial charge in [0.05, 0.1) is 6.61 Å². The summed E-state index contributed by atoms with van der Waals surface area (Å²) in [6.45, 7) is 6.51. The van der Waals surface area contributed by atoms with Crippen molar-refractivity contribution in [1.29, 1.82) is 0 Å². The van der Waals surface area contributed by atoms with Crippen LogP contribution in [0, 0.1) is 6.07 Å². The molecule has 0 spiro atoms. The highest BCUT2D eigenvalue weighted by atomic mass is 16.5. The highest BCUT2D eigenvalue weighted by Gasteiger charge is 2.08. The highest BCUT2D eigenvalue weighted by Crippen LogP contribution is 2.08. The molecule has 0 aromatic heterocycles. The van der Waals surface area contributed by atoms with Gasteiger partial charge in [0.2, 0.25) is 0 Å². The fraction of sp³-hybridized carbons (Fsp3) is 0.538. The van der Waals surface area contributed by atoms with Gasteiger partial charge in [-0.2, -0.15) is 0 Å². The van der Waals surface area contributed by atoms with E-state index in [0.717, 1.165) is 38.4 Å². The normalized spacial score (nSPS) is 17.2. The molecule has 1 aliphatic heterocycles. The van der Waals surface area contributed by atoms with Gasteiger partial charge in [0.1, 0.15) is 5.75 Å². The molecule has 0 bridgehead atoms. The monoisotopic (exact) mass is 219 g/mol. The Labute approximate surface area is 97.4 Å². The number of nitrogens with one attached hydrogen (secondary N) is 1. The van der Waals surface area contributed by atoms with Crippen LogP contribution >= 0.6 is 0 Å². The van der Waals surface area contributed by atoms with Crippen LogP contribution < -0.4 is 10.1 Å². The molecule has 0 unspecified atom stereocenters. The molecule has 1 aliphatic rings. The second-order valence-corrected chi connectivity index (χ2v) is 4.03. The van der Waals surface area contributed by atoms with Crippen molar-refractivity contribution in [2.24, 2.45) is 0 Å². The molecule has 1 aromatic carbocycles. The summed E-state index contributed by atoms with van der Waals surface area (Å²) >= 11 is 0. The fourth-order valence-corrected chi connectivity index (χ4v) is 1.88. The van der Waals surface area contributed by atoms with E-state index in [9.17, 15) is 0 Å². The second kappa shape index (κ2) is 6.51. The third kappa shape index (κ3) is 3.83. The van der Waals surface area contributed by atoms with Gasteiger partial charge in [-0.25, -0.2) is 0 Å². The summed E-state index contributed by atoms with van der Waals surface area (Å²) < 4.78 is 5.63. The zero-order chi connectivity index (χ0) is 11.1. The molecule has 0 aliphatic carbocycles. The number of benzene rings is 1. The van der Waals surface area contributed by atoms with Crippen molar-refractivity contribution in [3.8, 4) is 5.75 Å². The first-order valence-corrected chi connectivity index (χ1v) is 5.97. The van der Waals surface area contributed by atoms with Gasteiger partial charge in [0, 0.05) is 32.7 Å². The molecule has 87 valence electrons. The molecule has 0 amide bonds. The summed E-state index contributed by atoms with van der Waals surface area (Å²) in [5, 5.41) is 3.35. The van der Waals surface area contributed by atoms with E-state index in [1.807, 2.05) is 24.3 Å². The van der Waals surface area contributed by atoms with Crippen LogP contribution in [0.5, 0.6) is 5.75 Å². The Morgan fingerprint density at radius 3 is 2.75 bits per heavy atom. The molecular weight excluding hydrogens is 200 g/mol. The third-order valence-corrected chi connectivity index (χ3v) is 2.78. The summed E-state index contributed by atoms with van der Waals surface area (Å²) in [4.78, 5) is 2.48. The smallest absolute Gasteiger partial charge is 0.119 e. The van der Waals surface area contributed by atoms with Gasteiger partial charge in [-0.15, -0.1) is 0 Å². The molecule has 1 heterocycles. The second-order valence-electron chi connectivity index (χ2n) is 4.03. The van der Waals surface area contributed by atoms with Gasteiger partial charge in [-0.3, -0.25) is 0 Å². The predicted molar refractivity (Wildman–Crippen MR) is 64.7 cm³/mol. The minimum atomic E-state index is 0.800. The Hall–Kier alpha value is -1.06. The Morgan fingerprint density at radius 1 is 1.25 bits per heavy atom. The van der Waals surface area contributed by atoms with Crippen molar-refractivity contribution in [2.75, 3.05) is 39.3 Å². The van der Waals surface area contributed by atoms with Gasteiger partial charge < -0.3 is 15.0 Å². The lowest BCUT2D eigenvalue weighted by Gasteiger charge is -2.26. The van der Waals surface area contributed by atoms with E-state index in [1.165, 1.54) is 13.1 Å². The van der Waals surface area contributed by atoms with Gasteiger partial charge >= 0.3 is 0 Å². The number of piperazine rings is 1. The van der Waals surface area contributed by atoms with Crippen LogP contribution in [-0.2, 0) is 0 Å². The van der Waals surface area contributed by atoms with Gasteiger partial charge in [0.25, 0.3) is 0 Å². The maximum Gasteiger partial charge on any atom is 0.119 e. The van der Waals surface area contributed by atoms with Gasteiger partial charge in [-0.1, -0.05) is 12.1 Å². The molecule has 1 aromatic rings. The maximum atomic E-state index is 5.63. The van der Waals surface area contributed by atoms with Crippen LogP contribution in [-0.4, -0.2) is 44.2 Å². The van der Waals surface area contributed by atoms with Crippen LogP contribution in [0.1, 0.15) is 6.42 Å². The third-order valence-electron chi connectivity index (χ3n) is 2.78. The molecule has 1 radical (unpaired) electrons. The van der Waals surface area contributed by atoms with Crippen LogP contribution in [0.4, 0.5) is 0 Å². The first kappa shape index (κ1) is 11.4. The van der Waals surface area contributed by atoms with E-state index < -0.39 is 0 Å². The Bertz CT molecular complexity index is 283. The largest absolute Gasteiger partial charge is 0.494 e. The summed E-state index contributed by atoms with van der Waals surface area (Å²) in [7, 11) is 0. The van der Waals surface area contributed by atoms with Gasteiger partial charge in [-0.05, 0) is 24.6 Å². The lowest BCUT2D eigenvalue weighted by molar-refractivity contribution is 0.214. The molecule has 1 N–H and O–H groups in total. The van der Waals surface area contributed by atoms with E-state index >= 15 is 0 Å². The minimum Gasteiger partial charge on any atom is -0.494 e. The van der Waals surface area contributed by atoms with E-state index in [1.54, 1.807) is 0 Å². The van der Waals surface area contributed by atoms with Crippen molar-refractivity contribution in [2.45, 2.75) is 6.42 Å². The lowest BCUT2D eigenvalue weighted by atomic mass is 10.3. The minimum absolute atomic E-state index is 0.800. The van der Waals surface area contributed by atoms with Crippen molar-refractivity contribution in [3.05, 3.63) is 30.3 Å². The van der Waals surface area contributed by atoms with Gasteiger partial charge in [0.15, 0.2) is 0 Å². The van der Waals surface area contributed by atoms with E-state index in [2.05, 4.69) is 16.3 Å². The Balaban J connectivity index is 1.58. The van der Waals surface area contributed by atoms with Crippen molar-refractivity contribution in [1.82, 2.24) is 10.2 Å². The predicted octanol–water partition coefficient (Wildman–Crippen LogP) is 1.16.